The smallest absolute Gasteiger partial charge is 0.269 e. The highest BCUT2D eigenvalue weighted by molar-refractivity contribution is 6.04. The largest absolute Gasteiger partial charge is 0.493 e. The van der Waals surface area contributed by atoms with E-state index in [0.29, 0.717) is 22.7 Å². The van der Waals surface area contributed by atoms with Crippen molar-refractivity contribution in [3.8, 4) is 11.5 Å². The molecule has 2 aromatic rings. The Morgan fingerprint density at radius 1 is 1.00 bits per heavy atom. The van der Waals surface area contributed by atoms with Gasteiger partial charge in [0.05, 0.1) is 12.0 Å². The van der Waals surface area contributed by atoms with E-state index in [9.17, 15) is 14.9 Å². The predicted octanol–water partition coefficient (Wildman–Crippen LogP) is 4.70. The van der Waals surface area contributed by atoms with Gasteiger partial charge in [0.15, 0.2) is 11.5 Å². The minimum atomic E-state index is -0.506. The zero-order valence-electron chi connectivity index (χ0n) is 18.2. The lowest BCUT2D eigenvalue weighted by atomic mass is 10.2. The summed E-state index contributed by atoms with van der Waals surface area (Å²) in [5.41, 5.74) is 0.778. The Kier molecular flexibility index (Phi) is 7.77. The van der Waals surface area contributed by atoms with E-state index in [2.05, 4.69) is 37.9 Å². The molecule has 8 nitrogen and oxygen atoms in total. The van der Waals surface area contributed by atoms with Gasteiger partial charge in [-0.2, -0.15) is 0 Å². The molecule has 0 saturated heterocycles. The monoisotopic (exact) mass is 415 g/mol. The summed E-state index contributed by atoms with van der Waals surface area (Å²) in [5, 5.41) is 13.6. The molecule has 0 aliphatic rings. The standard InChI is InChI=1S/C22H29N3O5/c1-14(2)24(15(3)4)16(5)30-21-13-18(9-12-20(21)29-6)23-22(26)17-7-10-19(11-8-17)25(27)28/h7-16H,1-6H3,(H,23,26). The molecule has 0 heterocycles. The molecule has 1 N–H and O–H groups in total. The Hall–Kier alpha value is -3.13. The van der Waals surface area contributed by atoms with Gasteiger partial charge in [0.1, 0.15) is 6.23 Å². The molecule has 0 aliphatic heterocycles. The van der Waals surface area contributed by atoms with E-state index in [1.54, 1.807) is 25.3 Å². The summed E-state index contributed by atoms with van der Waals surface area (Å²) < 4.78 is 11.6. The summed E-state index contributed by atoms with van der Waals surface area (Å²) in [4.78, 5) is 25.0. The molecule has 8 heteroatoms. The molecule has 0 radical (unpaired) electrons. The molecule has 162 valence electrons. The van der Waals surface area contributed by atoms with Crippen molar-refractivity contribution in [1.82, 2.24) is 4.90 Å². The second kappa shape index (κ2) is 10.1. The van der Waals surface area contributed by atoms with Gasteiger partial charge in [-0.25, -0.2) is 0 Å². The van der Waals surface area contributed by atoms with Crippen molar-refractivity contribution >= 4 is 17.3 Å². The van der Waals surface area contributed by atoms with Gasteiger partial charge in [-0.05, 0) is 58.9 Å². The first-order valence-corrected chi connectivity index (χ1v) is 9.82. The third kappa shape index (κ3) is 5.70. The molecule has 1 amide bonds. The second-order valence-corrected chi connectivity index (χ2v) is 7.48. The number of methoxy groups -OCH3 is 1. The molecule has 1 atom stereocenters. The normalized spacial score (nSPS) is 12.2. The van der Waals surface area contributed by atoms with E-state index in [4.69, 9.17) is 9.47 Å². The summed E-state index contributed by atoms with van der Waals surface area (Å²) in [7, 11) is 1.56. The van der Waals surface area contributed by atoms with E-state index in [1.165, 1.54) is 24.3 Å². The first-order valence-electron chi connectivity index (χ1n) is 9.82. The van der Waals surface area contributed by atoms with Crippen molar-refractivity contribution in [1.29, 1.82) is 0 Å². The number of carbonyl (C=O) groups is 1. The number of hydrogen-bond donors (Lipinski definition) is 1. The van der Waals surface area contributed by atoms with Crippen molar-refractivity contribution in [2.75, 3.05) is 12.4 Å². The van der Waals surface area contributed by atoms with E-state index >= 15 is 0 Å². The Bertz CT molecular complexity index is 873. The van der Waals surface area contributed by atoms with Gasteiger partial charge in [-0.15, -0.1) is 0 Å². The lowest BCUT2D eigenvalue weighted by molar-refractivity contribution is -0.384. The third-order valence-electron chi connectivity index (χ3n) is 4.67. The molecule has 1 unspecified atom stereocenters. The fourth-order valence-corrected chi connectivity index (χ4v) is 3.46. The van der Waals surface area contributed by atoms with Crippen LogP contribution in [0.3, 0.4) is 0 Å². The number of anilines is 1. The van der Waals surface area contributed by atoms with Gasteiger partial charge < -0.3 is 14.8 Å². The summed E-state index contributed by atoms with van der Waals surface area (Å²) in [5.74, 6) is 0.695. The fourth-order valence-electron chi connectivity index (χ4n) is 3.46. The van der Waals surface area contributed by atoms with Crippen LogP contribution in [0.4, 0.5) is 11.4 Å². The number of benzene rings is 2. The van der Waals surface area contributed by atoms with Crippen molar-refractivity contribution in [3.05, 3.63) is 58.1 Å². The number of nitro groups is 1. The molecule has 0 fully saturated rings. The third-order valence-corrected chi connectivity index (χ3v) is 4.67. The topological polar surface area (TPSA) is 93.9 Å². The summed E-state index contributed by atoms with van der Waals surface area (Å²) in [6, 6.07) is 11.1. The average Bonchev–Trinajstić information content (AvgIpc) is 2.67. The Labute approximate surface area is 176 Å². The van der Waals surface area contributed by atoms with Gasteiger partial charge in [0.25, 0.3) is 11.6 Å². The maximum absolute atomic E-state index is 12.5. The number of nitrogens with one attached hydrogen (secondary N) is 1. The molecular weight excluding hydrogens is 386 g/mol. The molecule has 0 aromatic heterocycles. The van der Waals surface area contributed by atoms with Crippen LogP contribution in [0.25, 0.3) is 0 Å². The lowest BCUT2D eigenvalue weighted by Gasteiger charge is -2.36. The molecule has 30 heavy (non-hydrogen) atoms. The van der Waals surface area contributed by atoms with Gasteiger partial charge >= 0.3 is 0 Å². The van der Waals surface area contributed by atoms with Crippen LogP contribution in [0, 0.1) is 10.1 Å². The highest BCUT2D eigenvalue weighted by Gasteiger charge is 2.23. The van der Waals surface area contributed by atoms with Gasteiger partial charge in [0.2, 0.25) is 0 Å². The number of hydrogen-bond acceptors (Lipinski definition) is 6. The van der Waals surface area contributed by atoms with E-state index < -0.39 is 4.92 Å². The van der Waals surface area contributed by atoms with Crippen molar-refractivity contribution < 1.29 is 19.2 Å². The molecule has 0 spiro atoms. The average molecular weight is 415 g/mol. The SMILES string of the molecule is COc1ccc(NC(=O)c2ccc([N+](=O)[O-])cc2)cc1OC(C)N(C(C)C)C(C)C. The Balaban J connectivity index is 2.20. The number of nitrogens with zero attached hydrogens (tertiary/aromatic N) is 2. The van der Waals surface area contributed by atoms with Crippen LogP contribution in [-0.4, -0.2) is 41.2 Å². The number of rotatable bonds is 9. The summed E-state index contributed by atoms with van der Waals surface area (Å²) in [6.07, 6.45) is -0.209. The molecule has 2 aromatic carbocycles. The van der Waals surface area contributed by atoms with Crippen LogP contribution in [0.2, 0.25) is 0 Å². The Morgan fingerprint density at radius 3 is 2.10 bits per heavy atom. The maximum atomic E-state index is 12.5. The van der Waals surface area contributed by atoms with Crippen molar-refractivity contribution in [3.63, 3.8) is 0 Å². The van der Waals surface area contributed by atoms with Crippen molar-refractivity contribution in [2.45, 2.75) is 52.9 Å². The van der Waals surface area contributed by atoms with Crippen LogP contribution >= 0.6 is 0 Å². The van der Waals surface area contributed by atoms with Gasteiger partial charge in [-0.3, -0.25) is 19.8 Å². The summed E-state index contributed by atoms with van der Waals surface area (Å²) in [6.45, 7) is 10.4. The lowest BCUT2D eigenvalue weighted by Crippen LogP contribution is -2.46. The predicted molar refractivity (Wildman–Crippen MR) is 116 cm³/mol. The number of non-ortho nitro benzene ring substituents is 1. The minimum absolute atomic E-state index is 0.0690. The molecule has 0 bridgehead atoms. The number of amides is 1. The van der Waals surface area contributed by atoms with Crippen LogP contribution in [0.15, 0.2) is 42.5 Å². The van der Waals surface area contributed by atoms with Gasteiger partial charge in [-0.1, -0.05) is 0 Å². The molecule has 0 aliphatic carbocycles. The Morgan fingerprint density at radius 2 is 1.60 bits per heavy atom. The van der Waals surface area contributed by atoms with E-state index in [0.717, 1.165) is 0 Å². The molecule has 2 rings (SSSR count). The van der Waals surface area contributed by atoms with Crippen LogP contribution in [0.1, 0.15) is 45.0 Å². The van der Waals surface area contributed by atoms with E-state index in [-0.39, 0.29) is 29.9 Å². The molecule has 0 saturated carbocycles. The second-order valence-electron chi connectivity index (χ2n) is 7.48. The zero-order chi connectivity index (χ0) is 22.4. The first-order chi connectivity index (χ1) is 14.1. The quantitative estimate of drug-likeness (QED) is 0.362. The van der Waals surface area contributed by atoms with Crippen LogP contribution in [-0.2, 0) is 0 Å². The molecular formula is C22H29N3O5. The van der Waals surface area contributed by atoms with Crippen LogP contribution in [0.5, 0.6) is 11.5 Å². The van der Waals surface area contributed by atoms with Crippen molar-refractivity contribution in [2.24, 2.45) is 0 Å². The first kappa shape index (κ1) is 23.2. The van der Waals surface area contributed by atoms with Crippen LogP contribution < -0.4 is 14.8 Å². The minimum Gasteiger partial charge on any atom is -0.493 e. The maximum Gasteiger partial charge on any atom is 0.269 e. The highest BCUT2D eigenvalue weighted by atomic mass is 16.6. The highest BCUT2D eigenvalue weighted by Crippen LogP contribution is 2.32. The number of nitro benzene ring substituents is 1. The van der Waals surface area contributed by atoms with E-state index in [1.807, 2.05) is 6.92 Å². The van der Waals surface area contributed by atoms with Gasteiger partial charge in [0, 0.05) is 41.5 Å². The number of ether oxygens (including phenoxy) is 2. The zero-order valence-corrected chi connectivity index (χ0v) is 18.2. The summed E-state index contributed by atoms with van der Waals surface area (Å²) >= 11 is 0. The number of carbonyl (C=O) groups excluding carboxylic acids is 1. The fraction of sp³-hybridized carbons (Fsp3) is 0.409.